The average molecular weight is 274 g/mol. The van der Waals surface area contributed by atoms with E-state index in [4.69, 9.17) is 14.7 Å². The summed E-state index contributed by atoms with van der Waals surface area (Å²) in [4.78, 5) is 2.24. The normalized spacial score (nSPS) is 18.2. The van der Waals surface area contributed by atoms with Crippen LogP contribution in [0.3, 0.4) is 0 Å². The van der Waals surface area contributed by atoms with Gasteiger partial charge in [0.05, 0.1) is 25.7 Å². The highest BCUT2D eigenvalue weighted by Gasteiger charge is 2.25. The number of rotatable bonds is 5. The Morgan fingerprint density at radius 3 is 2.35 bits per heavy atom. The number of nitriles is 1. The van der Waals surface area contributed by atoms with Crippen molar-refractivity contribution in [3.05, 3.63) is 23.3 Å². The zero-order valence-electron chi connectivity index (χ0n) is 12.5. The van der Waals surface area contributed by atoms with E-state index in [1.807, 2.05) is 13.8 Å². The molecule has 1 aromatic rings. The zero-order chi connectivity index (χ0) is 14.5. The second kappa shape index (κ2) is 6.62. The van der Waals surface area contributed by atoms with Crippen molar-refractivity contribution in [3.63, 3.8) is 0 Å². The minimum Gasteiger partial charge on any atom is -0.490 e. The summed E-state index contributed by atoms with van der Waals surface area (Å²) in [6.07, 6.45) is 1.46. The van der Waals surface area contributed by atoms with Crippen molar-refractivity contribution in [2.45, 2.75) is 39.3 Å². The minimum atomic E-state index is 0.292. The van der Waals surface area contributed by atoms with E-state index in [0.29, 0.717) is 25.7 Å². The van der Waals surface area contributed by atoms with E-state index in [0.717, 1.165) is 24.5 Å². The minimum absolute atomic E-state index is 0.292. The van der Waals surface area contributed by atoms with Gasteiger partial charge in [-0.3, -0.25) is 4.90 Å². The third kappa shape index (κ3) is 3.05. The molecule has 1 unspecified atom stereocenters. The molecule has 0 aromatic heterocycles. The molecule has 0 saturated heterocycles. The first kappa shape index (κ1) is 14.7. The fourth-order valence-corrected chi connectivity index (χ4v) is 2.66. The molecule has 0 saturated carbocycles. The summed E-state index contributed by atoms with van der Waals surface area (Å²) < 4.78 is 11.3. The first-order chi connectivity index (χ1) is 9.69. The highest BCUT2D eigenvalue weighted by Crippen LogP contribution is 2.35. The Morgan fingerprint density at radius 1 is 1.20 bits per heavy atom. The van der Waals surface area contributed by atoms with Crippen LogP contribution in [0, 0.1) is 11.3 Å². The maximum atomic E-state index is 8.92. The van der Waals surface area contributed by atoms with Crippen molar-refractivity contribution in [3.8, 4) is 17.6 Å². The lowest BCUT2D eigenvalue weighted by molar-refractivity contribution is 0.216. The maximum absolute atomic E-state index is 8.92. The molecule has 4 nitrogen and oxygen atoms in total. The predicted octanol–water partition coefficient (Wildman–Crippen LogP) is 2.75. The molecule has 20 heavy (non-hydrogen) atoms. The number of likely N-dealkylation sites (N-methyl/N-ethyl adjacent to an activating group) is 1. The topological polar surface area (TPSA) is 45.5 Å². The van der Waals surface area contributed by atoms with Gasteiger partial charge in [0.2, 0.25) is 0 Å². The van der Waals surface area contributed by atoms with Crippen molar-refractivity contribution in [2.24, 2.45) is 0 Å². The van der Waals surface area contributed by atoms with Crippen molar-refractivity contribution in [1.29, 1.82) is 5.26 Å². The molecule has 4 heteroatoms. The van der Waals surface area contributed by atoms with Crippen LogP contribution in [0.15, 0.2) is 12.1 Å². The van der Waals surface area contributed by atoms with Gasteiger partial charge in [-0.05, 0) is 50.6 Å². The van der Waals surface area contributed by atoms with Crippen molar-refractivity contribution in [1.82, 2.24) is 4.90 Å². The quantitative estimate of drug-likeness (QED) is 0.828. The lowest BCUT2D eigenvalue weighted by Gasteiger charge is -2.33. The molecule has 0 N–H and O–H groups in total. The average Bonchev–Trinajstić information content (AvgIpc) is 2.42. The molecule has 1 heterocycles. The van der Waals surface area contributed by atoms with E-state index in [1.165, 1.54) is 11.1 Å². The fraction of sp³-hybridized carbons (Fsp3) is 0.562. The summed E-state index contributed by atoms with van der Waals surface area (Å²) >= 11 is 0. The summed E-state index contributed by atoms with van der Waals surface area (Å²) in [7, 11) is 2.07. The Balaban J connectivity index is 2.32. The summed E-state index contributed by atoms with van der Waals surface area (Å²) in [5.41, 5.74) is 2.55. The van der Waals surface area contributed by atoms with Gasteiger partial charge in [0.15, 0.2) is 11.5 Å². The van der Waals surface area contributed by atoms with Crippen LogP contribution in [-0.2, 0) is 13.0 Å². The molecule has 1 aliphatic heterocycles. The van der Waals surface area contributed by atoms with Crippen LogP contribution in [-0.4, -0.2) is 31.2 Å². The summed E-state index contributed by atoms with van der Waals surface area (Å²) in [6, 6.07) is 6.73. The molecule has 2 rings (SSSR count). The lowest BCUT2D eigenvalue weighted by atomic mass is 9.92. The van der Waals surface area contributed by atoms with E-state index in [1.54, 1.807) is 0 Å². The Labute approximate surface area is 120 Å². The van der Waals surface area contributed by atoms with Gasteiger partial charge in [-0.15, -0.1) is 0 Å². The monoisotopic (exact) mass is 274 g/mol. The fourth-order valence-electron chi connectivity index (χ4n) is 2.66. The highest BCUT2D eigenvalue weighted by atomic mass is 16.5. The van der Waals surface area contributed by atoms with Gasteiger partial charge in [0.1, 0.15) is 0 Å². The van der Waals surface area contributed by atoms with Crippen LogP contribution in [0.2, 0.25) is 0 Å². The van der Waals surface area contributed by atoms with E-state index < -0.39 is 0 Å². The molecule has 0 spiro atoms. The van der Waals surface area contributed by atoms with E-state index in [2.05, 4.69) is 30.1 Å². The smallest absolute Gasteiger partial charge is 0.161 e. The van der Waals surface area contributed by atoms with Crippen molar-refractivity contribution < 1.29 is 9.47 Å². The van der Waals surface area contributed by atoms with E-state index in [9.17, 15) is 0 Å². The van der Waals surface area contributed by atoms with Crippen molar-refractivity contribution in [2.75, 3.05) is 20.3 Å². The largest absolute Gasteiger partial charge is 0.490 e. The number of ether oxygens (including phenoxy) is 2. The van der Waals surface area contributed by atoms with E-state index in [-0.39, 0.29) is 0 Å². The van der Waals surface area contributed by atoms with Gasteiger partial charge in [-0.25, -0.2) is 0 Å². The third-order valence-electron chi connectivity index (χ3n) is 3.69. The van der Waals surface area contributed by atoms with Gasteiger partial charge in [-0.2, -0.15) is 5.26 Å². The molecule has 0 amide bonds. The number of benzene rings is 1. The predicted molar refractivity (Wildman–Crippen MR) is 78.0 cm³/mol. The van der Waals surface area contributed by atoms with E-state index >= 15 is 0 Å². The molecule has 0 fully saturated rings. The van der Waals surface area contributed by atoms with Crippen LogP contribution >= 0.6 is 0 Å². The Bertz CT molecular complexity index is 508. The maximum Gasteiger partial charge on any atom is 0.161 e. The summed E-state index contributed by atoms with van der Waals surface area (Å²) in [5, 5.41) is 8.92. The molecular weight excluding hydrogens is 252 g/mol. The lowest BCUT2D eigenvalue weighted by Crippen LogP contribution is -2.37. The van der Waals surface area contributed by atoms with Crippen LogP contribution in [0.1, 0.15) is 31.4 Å². The van der Waals surface area contributed by atoms with Crippen LogP contribution in [0.5, 0.6) is 11.5 Å². The number of nitrogens with zero attached hydrogens (tertiary/aromatic N) is 2. The second-order valence-corrected chi connectivity index (χ2v) is 5.07. The molecule has 0 bridgehead atoms. The third-order valence-corrected chi connectivity index (χ3v) is 3.69. The van der Waals surface area contributed by atoms with Gasteiger partial charge < -0.3 is 9.47 Å². The van der Waals surface area contributed by atoms with Gasteiger partial charge >= 0.3 is 0 Å². The second-order valence-electron chi connectivity index (χ2n) is 5.07. The molecule has 1 atom stereocenters. The van der Waals surface area contributed by atoms with Crippen molar-refractivity contribution >= 4 is 0 Å². The molecule has 0 radical (unpaired) electrons. The summed E-state index contributed by atoms with van der Waals surface area (Å²) in [6.45, 7) is 6.06. The van der Waals surface area contributed by atoms with Crippen LogP contribution in [0.25, 0.3) is 0 Å². The molecular formula is C16H22N2O2. The number of hydrogen-bond donors (Lipinski definition) is 0. The highest BCUT2D eigenvalue weighted by molar-refractivity contribution is 5.48. The SMILES string of the molecule is CCOc1cc2c(cc1OCC)CN(C)C(CC#N)C2. The first-order valence-electron chi connectivity index (χ1n) is 7.18. The van der Waals surface area contributed by atoms with Gasteiger partial charge in [0.25, 0.3) is 0 Å². The standard InChI is InChI=1S/C16H22N2O2/c1-4-19-15-9-12-8-14(6-7-17)18(3)11-13(12)10-16(15)20-5-2/h9-10,14H,4-6,8,11H2,1-3H3. The first-order valence-corrected chi connectivity index (χ1v) is 7.18. The summed E-state index contributed by atoms with van der Waals surface area (Å²) in [5.74, 6) is 1.63. The van der Waals surface area contributed by atoms with Gasteiger partial charge in [-0.1, -0.05) is 0 Å². The molecule has 1 aliphatic rings. The van der Waals surface area contributed by atoms with Gasteiger partial charge in [0, 0.05) is 12.6 Å². The Morgan fingerprint density at radius 2 is 1.80 bits per heavy atom. The molecule has 1 aromatic carbocycles. The molecule has 108 valence electrons. The number of hydrogen-bond acceptors (Lipinski definition) is 4. The Hall–Kier alpha value is -1.73. The van der Waals surface area contributed by atoms with Crippen LogP contribution < -0.4 is 9.47 Å². The van der Waals surface area contributed by atoms with Crippen LogP contribution in [0.4, 0.5) is 0 Å². The zero-order valence-corrected chi connectivity index (χ0v) is 12.5. The molecule has 0 aliphatic carbocycles. The Kier molecular flexibility index (Phi) is 4.86. The number of fused-ring (bicyclic) bond motifs is 1.